The van der Waals surface area contributed by atoms with Crippen molar-refractivity contribution in [2.45, 2.75) is 45.3 Å². The summed E-state index contributed by atoms with van der Waals surface area (Å²) in [5.41, 5.74) is 1.59. The lowest BCUT2D eigenvalue weighted by Gasteiger charge is -2.23. The Kier molecular flexibility index (Phi) is 7.51. The van der Waals surface area contributed by atoms with E-state index in [1.165, 1.54) is 12.1 Å². The summed E-state index contributed by atoms with van der Waals surface area (Å²) in [6.45, 7) is 4.34. The number of fused-ring (bicyclic) bond motifs is 1. The van der Waals surface area contributed by atoms with E-state index in [0.717, 1.165) is 18.9 Å². The minimum Gasteiger partial charge on any atom is -0.391 e. The maximum Gasteiger partial charge on any atom is 0.256 e. The zero-order valence-corrected chi connectivity index (χ0v) is 20.0. The van der Waals surface area contributed by atoms with E-state index in [4.69, 9.17) is 4.74 Å². The van der Waals surface area contributed by atoms with Crippen molar-refractivity contribution in [3.8, 4) is 0 Å². The Balaban J connectivity index is 1.42. The monoisotopic (exact) mass is 502 g/mol. The molecule has 1 atom stereocenters. The molecule has 1 aromatic carbocycles. The zero-order chi connectivity index (χ0) is 26.0. The molecule has 0 bridgehead atoms. The van der Waals surface area contributed by atoms with Gasteiger partial charge in [0.1, 0.15) is 0 Å². The molecule has 11 heteroatoms. The van der Waals surface area contributed by atoms with Crippen molar-refractivity contribution in [3.05, 3.63) is 51.8 Å². The molecule has 192 valence electrons. The Morgan fingerprint density at radius 2 is 1.97 bits per heavy atom. The second-order valence-electron chi connectivity index (χ2n) is 8.98. The molecule has 3 heterocycles. The Labute approximate surface area is 206 Å². The Morgan fingerprint density at radius 3 is 2.69 bits per heavy atom. The fourth-order valence-electron chi connectivity index (χ4n) is 4.48. The number of hydrogen-bond donors (Lipinski definition) is 5. The zero-order valence-electron chi connectivity index (χ0n) is 20.0. The number of nitrogens with one attached hydrogen (secondary N) is 4. The number of hydrogen-bond acceptors (Lipinski definition) is 5. The van der Waals surface area contributed by atoms with Gasteiger partial charge in [0, 0.05) is 42.8 Å². The van der Waals surface area contributed by atoms with Gasteiger partial charge in [0.05, 0.1) is 29.3 Å². The van der Waals surface area contributed by atoms with Gasteiger partial charge in [-0.15, -0.1) is 0 Å². The van der Waals surface area contributed by atoms with Gasteiger partial charge in [-0.3, -0.25) is 14.4 Å². The van der Waals surface area contributed by atoms with Gasteiger partial charge in [-0.2, -0.15) is 0 Å². The van der Waals surface area contributed by atoms with Gasteiger partial charge in [0.15, 0.2) is 11.6 Å². The third-order valence-corrected chi connectivity index (χ3v) is 6.35. The predicted octanol–water partition coefficient (Wildman–Crippen LogP) is 2.18. The van der Waals surface area contributed by atoms with Crippen molar-refractivity contribution in [1.29, 1.82) is 0 Å². The molecule has 5 N–H and O–H groups in total. The first-order valence-corrected chi connectivity index (χ1v) is 11.7. The summed E-state index contributed by atoms with van der Waals surface area (Å²) in [7, 11) is 0. The first-order valence-electron chi connectivity index (χ1n) is 11.7. The second kappa shape index (κ2) is 10.6. The van der Waals surface area contributed by atoms with Gasteiger partial charge in [-0.05, 0) is 50.5 Å². The Hall–Kier alpha value is -3.57. The molecular weight excluding hydrogens is 474 g/mol. The summed E-state index contributed by atoms with van der Waals surface area (Å²) < 4.78 is 33.4. The van der Waals surface area contributed by atoms with Crippen molar-refractivity contribution < 1.29 is 33.0 Å². The molecule has 4 rings (SSSR count). The molecule has 2 aliphatic heterocycles. The number of amides is 3. The number of aryl methyl sites for hydroxylation is 1. The lowest BCUT2D eigenvalue weighted by Crippen LogP contribution is -2.42. The molecule has 0 spiro atoms. The molecule has 1 unspecified atom stereocenters. The Morgan fingerprint density at radius 1 is 1.25 bits per heavy atom. The highest BCUT2D eigenvalue weighted by Crippen LogP contribution is 2.36. The first-order chi connectivity index (χ1) is 17.2. The van der Waals surface area contributed by atoms with E-state index in [-0.39, 0.29) is 41.7 Å². The van der Waals surface area contributed by atoms with Gasteiger partial charge >= 0.3 is 0 Å². The number of anilines is 1. The van der Waals surface area contributed by atoms with E-state index >= 15 is 0 Å². The van der Waals surface area contributed by atoms with Crippen LogP contribution in [0.3, 0.4) is 0 Å². The van der Waals surface area contributed by atoms with Crippen LogP contribution in [0.2, 0.25) is 0 Å². The minimum atomic E-state index is -1.13. The standard InChI is InChI=1S/C25H28F2N4O5/c1-12-19(10-16-22-18(31-24(16)34)4-3-17(26)23(22)27)29-13(2)21(12)25(35)28-11-15(32)9-20(33)30-14-5-7-36-8-6-14/h3-4,10,14-15,29,32H,5-9,11H2,1-2H3,(H,28,35)(H,30,33)(H,31,34)/b16-10-. The van der Waals surface area contributed by atoms with Crippen LogP contribution < -0.4 is 16.0 Å². The van der Waals surface area contributed by atoms with Crippen LogP contribution in [0, 0.1) is 25.5 Å². The number of ether oxygens (including phenoxy) is 1. The predicted molar refractivity (Wildman–Crippen MR) is 128 cm³/mol. The fourth-order valence-corrected chi connectivity index (χ4v) is 4.48. The van der Waals surface area contributed by atoms with Crippen LogP contribution in [0.25, 0.3) is 11.6 Å². The number of carbonyl (C=O) groups is 3. The largest absolute Gasteiger partial charge is 0.391 e. The van der Waals surface area contributed by atoms with Crippen molar-refractivity contribution >= 4 is 35.1 Å². The van der Waals surface area contributed by atoms with Gasteiger partial charge in [-0.25, -0.2) is 8.78 Å². The van der Waals surface area contributed by atoms with Crippen molar-refractivity contribution in [1.82, 2.24) is 15.6 Å². The summed E-state index contributed by atoms with van der Waals surface area (Å²) in [6.07, 6.45) is 1.58. The summed E-state index contributed by atoms with van der Waals surface area (Å²) in [5.74, 6) is -3.58. The SMILES string of the molecule is Cc1[nH]c(/C=C2\C(=O)Nc3ccc(F)c(F)c32)c(C)c1C(=O)NCC(O)CC(=O)NC1CCOCC1. The van der Waals surface area contributed by atoms with E-state index in [9.17, 15) is 28.3 Å². The van der Waals surface area contributed by atoms with Crippen molar-refractivity contribution in [3.63, 3.8) is 0 Å². The van der Waals surface area contributed by atoms with E-state index in [2.05, 4.69) is 20.9 Å². The average molecular weight is 503 g/mol. The fraction of sp³-hybridized carbons (Fsp3) is 0.400. The maximum atomic E-state index is 14.4. The number of rotatable bonds is 7. The van der Waals surface area contributed by atoms with Crippen molar-refractivity contribution in [2.75, 3.05) is 25.1 Å². The van der Waals surface area contributed by atoms with Crippen LogP contribution in [0.1, 0.15) is 52.1 Å². The molecule has 36 heavy (non-hydrogen) atoms. The van der Waals surface area contributed by atoms with Crippen LogP contribution >= 0.6 is 0 Å². The van der Waals surface area contributed by atoms with Crippen LogP contribution in [0.4, 0.5) is 14.5 Å². The third kappa shape index (κ3) is 5.31. The van der Waals surface area contributed by atoms with Crippen LogP contribution in [-0.4, -0.2) is 59.7 Å². The number of aromatic nitrogens is 1. The van der Waals surface area contributed by atoms with Crippen molar-refractivity contribution in [2.24, 2.45) is 0 Å². The number of benzene rings is 1. The van der Waals surface area contributed by atoms with Crippen LogP contribution in [-0.2, 0) is 14.3 Å². The molecule has 0 radical (unpaired) electrons. The smallest absolute Gasteiger partial charge is 0.256 e. The van der Waals surface area contributed by atoms with Gasteiger partial charge < -0.3 is 30.8 Å². The number of H-pyrrole nitrogens is 1. The minimum absolute atomic E-state index is 0.0182. The summed E-state index contributed by atoms with van der Waals surface area (Å²) in [6, 6.07) is 2.24. The Bertz CT molecular complexity index is 1230. The van der Waals surface area contributed by atoms with Crippen LogP contribution in [0.15, 0.2) is 12.1 Å². The molecule has 1 saturated heterocycles. The lowest BCUT2D eigenvalue weighted by molar-refractivity contribution is -0.124. The lowest BCUT2D eigenvalue weighted by atomic mass is 10.0. The summed E-state index contributed by atoms with van der Waals surface area (Å²) in [5, 5.41) is 18.2. The number of aliphatic hydroxyl groups is 1. The molecule has 0 aliphatic carbocycles. The first kappa shape index (κ1) is 25.5. The normalized spacial score (nSPS) is 17.6. The summed E-state index contributed by atoms with van der Waals surface area (Å²) in [4.78, 5) is 40.4. The van der Waals surface area contributed by atoms with Crippen LogP contribution in [0.5, 0.6) is 0 Å². The molecule has 2 aromatic rings. The number of carbonyl (C=O) groups excluding carboxylic acids is 3. The number of aromatic amines is 1. The molecule has 1 aromatic heterocycles. The van der Waals surface area contributed by atoms with Gasteiger partial charge in [0.2, 0.25) is 5.91 Å². The third-order valence-electron chi connectivity index (χ3n) is 6.35. The highest BCUT2D eigenvalue weighted by molar-refractivity contribution is 6.35. The molecule has 1 fully saturated rings. The molecular formula is C25H28F2N4O5. The topological polar surface area (TPSA) is 133 Å². The maximum absolute atomic E-state index is 14.4. The quantitative estimate of drug-likeness (QED) is 0.370. The number of aliphatic hydroxyl groups excluding tert-OH is 1. The highest BCUT2D eigenvalue weighted by atomic mass is 19.2. The van der Waals surface area contributed by atoms with E-state index in [0.29, 0.717) is 35.7 Å². The highest BCUT2D eigenvalue weighted by Gasteiger charge is 2.30. The molecule has 3 amide bonds. The molecule has 2 aliphatic rings. The van der Waals surface area contributed by atoms with E-state index in [1.54, 1.807) is 13.8 Å². The summed E-state index contributed by atoms with van der Waals surface area (Å²) >= 11 is 0. The van der Waals surface area contributed by atoms with E-state index < -0.39 is 29.6 Å². The molecule has 9 nitrogen and oxygen atoms in total. The van der Waals surface area contributed by atoms with Gasteiger partial charge in [-0.1, -0.05) is 0 Å². The number of halogens is 2. The second-order valence-corrected chi connectivity index (χ2v) is 8.98. The van der Waals surface area contributed by atoms with E-state index in [1.807, 2.05) is 0 Å². The average Bonchev–Trinajstić information content (AvgIpc) is 3.30. The molecule has 0 saturated carbocycles. The van der Waals surface area contributed by atoms with Gasteiger partial charge in [0.25, 0.3) is 11.8 Å².